The maximum absolute atomic E-state index is 12.2. The number of hydrogen-bond donors (Lipinski definition) is 1. The largest absolute Gasteiger partial charge is 0.452 e. The highest BCUT2D eigenvalue weighted by molar-refractivity contribution is 7.90. The van der Waals surface area contributed by atoms with Gasteiger partial charge in [0.05, 0.1) is 10.5 Å². The SMILES string of the molecule is CC(=O)c1ccc(NC(=O)COC(=O)c2cc(S(C)(=O)=O)ccc2C)cc1. The van der Waals surface area contributed by atoms with E-state index in [0.717, 1.165) is 6.26 Å². The molecule has 0 spiro atoms. The summed E-state index contributed by atoms with van der Waals surface area (Å²) < 4.78 is 28.2. The Kier molecular flexibility index (Phi) is 6.12. The standard InChI is InChI=1S/C19H19NO6S/c1-12-4-9-16(27(3,24)25)10-17(12)19(23)26-11-18(22)20-15-7-5-14(6-8-15)13(2)21/h4-10H,11H2,1-3H3,(H,20,22). The molecule has 1 amide bonds. The first-order valence-corrected chi connectivity index (χ1v) is 9.86. The number of amides is 1. The third-order valence-electron chi connectivity index (χ3n) is 3.77. The molecule has 0 unspecified atom stereocenters. The zero-order valence-electron chi connectivity index (χ0n) is 15.1. The molecular formula is C19H19NO6S. The van der Waals surface area contributed by atoms with E-state index in [0.29, 0.717) is 16.8 Å². The lowest BCUT2D eigenvalue weighted by atomic mass is 10.1. The highest BCUT2D eigenvalue weighted by Crippen LogP contribution is 2.17. The number of aryl methyl sites for hydroxylation is 1. The Hall–Kier alpha value is -3.00. The first-order chi connectivity index (χ1) is 12.6. The fourth-order valence-electron chi connectivity index (χ4n) is 2.25. The highest BCUT2D eigenvalue weighted by atomic mass is 32.2. The van der Waals surface area contributed by atoms with E-state index in [2.05, 4.69) is 5.32 Å². The molecule has 27 heavy (non-hydrogen) atoms. The topological polar surface area (TPSA) is 107 Å². The summed E-state index contributed by atoms with van der Waals surface area (Å²) in [6, 6.07) is 10.4. The Balaban J connectivity index is 2.01. The van der Waals surface area contributed by atoms with E-state index in [-0.39, 0.29) is 16.2 Å². The Morgan fingerprint density at radius 1 is 1.04 bits per heavy atom. The summed E-state index contributed by atoms with van der Waals surface area (Å²) in [4.78, 5) is 35.3. The van der Waals surface area contributed by atoms with Crippen molar-refractivity contribution >= 4 is 33.2 Å². The number of esters is 1. The summed E-state index contributed by atoms with van der Waals surface area (Å²) in [5.74, 6) is -1.44. The maximum Gasteiger partial charge on any atom is 0.338 e. The number of hydrogen-bond acceptors (Lipinski definition) is 6. The number of carbonyl (C=O) groups is 3. The Morgan fingerprint density at radius 3 is 2.22 bits per heavy atom. The number of anilines is 1. The van der Waals surface area contributed by atoms with E-state index >= 15 is 0 Å². The molecule has 2 aromatic rings. The Labute approximate surface area is 157 Å². The van der Waals surface area contributed by atoms with Crippen molar-refractivity contribution < 1.29 is 27.5 Å². The van der Waals surface area contributed by atoms with Crippen LogP contribution in [0.1, 0.15) is 33.2 Å². The average Bonchev–Trinajstić information content (AvgIpc) is 2.59. The summed E-state index contributed by atoms with van der Waals surface area (Å²) in [5, 5.41) is 2.54. The molecule has 0 atom stereocenters. The maximum atomic E-state index is 12.2. The zero-order chi connectivity index (χ0) is 20.2. The van der Waals surface area contributed by atoms with Gasteiger partial charge in [0.15, 0.2) is 22.2 Å². The molecular weight excluding hydrogens is 370 g/mol. The molecule has 142 valence electrons. The van der Waals surface area contributed by atoms with Crippen molar-refractivity contribution in [3.8, 4) is 0 Å². The number of sulfone groups is 1. The fourth-order valence-corrected chi connectivity index (χ4v) is 2.89. The second kappa shape index (κ2) is 8.13. The second-order valence-electron chi connectivity index (χ2n) is 6.01. The van der Waals surface area contributed by atoms with Crippen LogP contribution >= 0.6 is 0 Å². The van der Waals surface area contributed by atoms with Crippen molar-refractivity contribution in [2.24, 2.45) is 0 Å². The monoisotopic (exact) mass is 389 g/mol. The average molecular weight is 389 g/mol. The van der Waals surface area contributed by atoms with Crippen LogP contribution in [0, 0.1) is 6.92 Å². The molecule has 0 bridgehead atoms. The molecule has 0 radical (unpaired) electrons. The minimum atomic E-state index is -3.47. The van der Waals surface area contributed by atoms with Gasteiger partial charge in [-0.25, -0.2) is 13.2 Å². The summed E-state index contributed by atoms with van der Waals surface area (Å²) >= 11 is 0. The molecule has 0 saturated heterocycles. The smallest absolute Gasteiger partial charge is 0.338 e. The quantitative estimate of drug-likeness (QED) is 0.601. The predicted octanol–water partition coefficient (Wildman–Crippen LogP) is 2.40. The molecule has 7 nitrogen and oxygen atoms in total. The van der Waals surface area contributed by atoms with Crippen LogP contribution in [0.2, 0.25) is 0 Å². The van der Waals surface area contributed by atoms with Gasteiger partial charge in [-0.2, -0.15) is 0 Å². The van der Waals surface area contributed by atoms with Crippen molar-refractivity contribution in [3.63, 3.8) is 0 Å². The van der Waals surface area contributed by atoms with Crippen LogP contribution in [0.15, 0.2) is 47.4 Å². The fraction of sp³-hybridized carbons (Fsp3) is 0.211. The summed E-state index contributed by atoms with van der Waals surface area (Å²) in [6.45, 7) is 2.54. The van der Waals surface area contributed by atoms with Crippen molar-refractivity contribution in [2.75, 3.05) is 18.2 Å². The summed E-state index contributed by atoms with van der Waals surface area (Å²) in [7, 11) is -3.47. The van der Waals surface area contributed by atoms with Crippen LogP contribution in [0.4, 0.5) is 5.69 Å². The molecule has 0 aromatic heterocycles. The second-order valence-corrected chi connectivity index (χ2v) is 8.02. The molecule has 2 aromatic carbocycles. The van der Waals surface area contributed by atoms with Gasteiger partial charge in [-0.3, -0.25) is 9.59 Å². The lowest BCUT2D eigenvalue weighted by Crippen LogP contribution is -2.21. The van der Waals surface area contributed by atoms with E-state index in [1.807, 2.05) is 0 Å². The predicted molar refractivity (Wildman–Crippen MR) is 99.6 cm³/mol. The van der Waals surface area contributed by atoms with Gasteiger partial charge >= 0.3 is 5.97 Å². The number of rotatable bonds is 6. The van der Waals surface area contributed by atoms with Gasteiger partial charge in [0.25, 0.3) is 5.91 Å². The molecule has 1 N–H and O–H groups in total. The Bertz CT molecular complexity index is 993. The molecule has 0 fully saturated rings. The third-order valence-corrected chi connectivity index (χ3v) is 4.88. The van der Waals surface area contributed by atoms with Crippen molar-refractivity contribution in [1.29, 1.82) is 0 Å². The Morgan fingerprint density at radius 2 is 1.67 bits per heavy atom. The van der Waals surface area contributed by atoms with Crippen LogP contribution in [0.25, 0.3) is 0 Å². The lowest BCUT2D eigenvalue weighted by molar-refractivity contribution is -0.119. The lowest BCUT2D eigenvalue weighted by Gasteiger charge is -2.09. The van der Waals surface area contributed by atoms with Crippen LogP contribution in [-0.4, -0.2) is 38.9 Å². The van der Waals surface area contributed by atoms with Gasteiger partial charge in [-0.1, -0.05) is 6.07 Å². The summed E-state index contributed by atoms with van der Waals surface area (Å²) in [6.07, 6.45) is 1.04. The molecule has 0 saturated carbocycles. The number of ether oxygens (including phenoxy) is 1. The number of nitrogens with one attached hydrogen (secondary N) is 1. The van der Waals surface area contributed by atoms with Gasteiger partial charge in [-0.05, 0) is 55.8 Å². The number of ketones is 1. The van der Waals surface area contributed by atoms with E-state index in [1.165, 1.54) is 25.1 Å². The first-order valence-electron chi connectivity index (χ1n) is 7.96. The van der Waals surface area contributed by atoms with Crippen molar-refractivity contribution in [2.45, 2.75) is 18.7 Å². The molecule has 0 aliphatic carbocycles. The van der Waals surface area contributed by atoms with E-state index in [4.69, 9.17) is 4.74 Å². The normalized spacial score (nSPS) is 10.9. The van der Waals surface area contributed by atoms with Crippen LogP contribution < -0.4 is 5.32 Å². The van der Waals surface area contributed by atoms with Crippen LogP contribution in [-0.2, 0) is 19.4 Å². The van der Waals surface area contributed by atoms with E-state index in [1.54, 1.807) is 31.2 Å². The molecule has 0 aliphatic heterocycles. The van der Waals surface area contributed by atoms with Crippen molar-refractivity contribution in [1.82, 2.24) is 0 Å². The van der Waals surface area contributed by atoms with Gasteiger partial charge in [0, 0.05) is 17.5 Å². The van der Waals surface area contributed by atoms with Gasteiger partial charge in [0.1, 0.15) is 0 Å². The van der Waals surface area contributed by atoms with Crippen LogP contribution in [0.3, 0.4) is 0 Å². The van der Waals surface area contributed by atoms with Crippen molar-refractivity contribution in [3.05, 3.63) is 59.2 Å². The number of carbonyl (C=O) groups excluding carboxylic acids is 3. The minimum Gasteiger partial charge on any atom is -0.452 e. The first kappa shape index (κ1) is 20.3. The number of Topliss-reactive ketones (excluding diaryl/α,β-unsaturated/α-hetero) is 1. The van der Waals surface area contributed by atoms with Gasteiger partial charge in [0.2, 0.25) is 0 Å². The molecule has 2 rings (SSSR count). The number of benzene rings is 2. The summed E-state index contributed by atoms with van der Waals surface area (Å²) in [5.41, 5.74) is 1.58. The zero-order valence-corrected chi connectivity index (χ0v) is 15.9. The van der Waals surface area contributed by atoms with Gasteiger partial charge < -0.3 is 10.1 Å². The molecule has 0 heterocycles. The third kappa shape index (κ3) is 5.49. The van der Waals surface area contributed by atoms with Gasteiger partial charge in [-0.15, -0.1) is 0 Å². The minimum absolute atomic E-state index is 0.00457. The molecule has 0 aliphatic rings. The highest BCUT2D eigenvalue weighted by Gasteiger charge is 2.16. The van der Waals surface area contributed by atoms with Crippen LogP contribution in [0.5, 0.6) is 0 Å². The molecule has 8 heteroatoms. The van der Waals surface area contributed by atoms with E-state index in [9.17, 15) is 22.8 Å². The van der Waals surface area contributed by atoms with E-state index < -0.39 is 28.3 Å².